The fraction of sp³-hybridized carbons (Fsp3) is 0.0952. The average molecular weight is 894 g/mol. The van der Waals surface area contributed by atoms with Crippen LogP contribution < -0.4 is 15.9 Å². The standard InChI is InChI=1S/C63H48N3OP/c67-68(50-24-7-2-8-25-50,51-26-9-3-10-27-51)59-55-31-15-13-29-53(55)58(54-30-14-16-32-56(54)59)45-34-38-48(39-35-45)63(42-17-4-18-43-63)49-40-36-47(37-41-49)61-64-60(46-21-5-1-6-22-46)65-62(66-61)57-33-19-23-44-20-11-12-28-52(44)57/h1-3,5-16,19-41H,4,17-18,42-43H2. The van der Waals surface area contributed by atoms with Gasteiger partial charge in [-0.1, -0.05) is 250 Å². The van der Waals surface area contributed by atoms with Crippen LogP contribution >= 0.6 is 7.14 Å². The van der Waals surface area contributed by atoms with E-state index in [-0.39, 0.29) is 5.41 Å². The van der Waals surface area contributed by atoms with Crippen molar-refractivity contribution >= 4 is 55.4 Å². The molecule has 0 unspecified atom stereocenters. The summed E-state index contributed by atoms with van der Waals surface area (Å²) in [6, 6.07) is 80.6. The van der Waals surface area contributed by atoms with Crippen molar-refractivity contribution in [3.8, 4) is 45.3 Å². The zero-order valence-corrected chi connectivity index (χ0v) is 38.6. The van der Waals surface area contributed by atoms with E-state index in [4.69, 9.17) is 15.0 Å². The first kappa shape index (κ1) is 41.6. The van der Waals surface area contributed by atoms with Gasteiger partial charge >= 0.3 is 0 Å². The Hall–Kier alpha value is -7.78. The maximum atomic E-state index is 16.2. The Kier molecular flexibility index (Phi) is 10.7. The van der Waals surface area contributed by atoms with E-state index in [9.17, 15) is 0 Å². The maximum absolute atomic E-state index is 16.2. The average Bonchev–Trinajstić information content (AvgIpc) is 3.43. The Morgan fingerprint density at radius 2 is 0.779 bits per heavy atom. The summed E-state index contributed by atoms with van der Waals surface area (Å²) in [5.74, 6) is 1.97. The van der Waals surface area contributed by atoms with Crippen molar-refractivity contribution in [2.45, 2.75) is 37.5 Å². The van der Waals surface area contributed by atoms with Gasteiger partial charge in [-0.2, -0.15) is 0 Å². The molecule has 0 amide bonds. The Labute approximate surface area is 397 Å². The summed E-state index contributed by atoms with van der Waals surface area (Å²) in [5, 5.41) is 9.05. The lowest BCUT2D eigenvalue weighted by Crippen LogP contribution is -2.30. The third kappa shape index (κ3) is 7.16. The number of fused-ring (bicyclic) bond motifs is 3. The first-order valence-electron chi connectivity index (χ1n) is 23.8. The molecule has 0 bridgehead atoms. The minimum atomic E-state index is -3.33. The van der Waals surface area contributed by atoms with Gasteiger partial charge in [-0.15, -0.1) is 0 Å². The molecule has 0 atom stereocenters. The molecular formula is C63H48N3OP. The number of rotatable bonds is 9. The molecule has 5 heteroatoms. The summed E-state index contributed by atoms with van der Waals surface area (Å²) in [4.78, 5) is 15.3. The van der Waals surface area contributed by atoms with Gasteiger partial charge in [0.05, 0.1) is 0 Å². The van der Waals surface area contributed by atoms with Gasteiger partial charge in [-0.3, -0.25) is 0 Å². The lowest BCUT2D eigenvalue weighted by molar-refractivity contribution is 0.346. The summed E-state index contributed by atoms with van der Waals surface area (Å²) in [5.41, 5.74) is 7.73. The highest BCUT2D eigenvalue weighted by Gasteiger charge is 2.37. The Morgan fingerprint density at radius 3 is 1.34 bits per heavy atom. The molecule has 0 spiro atoms. The van der Waals surface area contributed by atoms with Gasteiger partial charge in [0, 0.05) is 38.0 Å². The second-order valence-electron chi connectivity index (χ2n) is 18.1. The molecule has 0 N–H and O–H groups in total. The monoisotopic (exact) mass is 893 g/mol. The van der Waals surface area contributed by atoms with Crippen LogP contribution in [0, 0.1) is 0 Å². The normalized spacial score (nSPS) is 13.8. The predicted molar refractivity (Wildman–Crippen MR) is 284 cm³/mol. The third-order valence-corrected chi connectivity index (χ3v) is 17.4. The predicted octanol–water partition coefficient (Wildman–Crippen LogP) is 14.9. The van der Waals surface area contributed by atoms with Crippen molar-refractivity contribution < 1.29 is 4.57 Å². The Bertz CT molecular complexity index is 3560. The van der Waals surface area contributed by atoms with E-state index in [0.717, 1.165) is 88.9 Å². The molecule has 1 aliphatic carbocycles. The van der Waals surface area contributed by atoms with E-state index in [2.05, 4.69) is 152 Å². The molecule has 326 valence electrons. The van der Waals surface area contributed by atoms with Gasteiger partial charge in [0.1, 0.15) is 0 Å². The highest BCUT2D eigenvalue weighted by Crippen LogP contribution is 2.50. The molecule has 10 aromatic carbocycles. The van der Waals surface area contributed by atoms with Crippen LogP contribution in [0.5, 0.6) is 0 Å². The SMILES string of the molecule is O=P(c1ccccc1)(c1ccccc1)c1c2ccccc2c(-c2ccc(C3(c4ccc(-c5nc(-c6ccccc6)nc(-c6cccc7ccccc67)n5)cc4)CCCCC3)cc2)c2ccccc12. The summed E-state index contributed by atoms with van der Waals surface area (Å²) < 4.78 is 16.2. The van der Waals surface area contributed by atoms with Crippen molar-refractivity contribution in [3.05, 3.63) is 242 Å². The highest BCUT2D eigenvalue weighted by atomic mass is 31.2. The molecule has 1 heterocycles. The van der Waals surface area contributed by atoms with Gasteiger partial charge in [-0.05, 0) is 67.4 Å². The lowest BCUT2D eigenvalue weighted by atomic mass is 9.65. The van der Waals surface area contributed by atoms with E-state index in [1.54, 1.807) is 0 Å². The number of hydrogen-bond donors (Lipinski definition) is 0. The summed E-state index contributed by atoms with van der Waals surface area (Å²) in [7, 11) is -3.33. The second-order valence-corrected chi connectivity index (χ2v) is 20.8. The number of hydrogen-bond acceptors (Lipinski definition) is 4. The van der Waals surface area contributed by atoms with Crippen LogP contribution in [0.15, 0.2) is 231 Å². The van der Waals surface area contributed by atoms with Gasteiger partial charge in [0.25, 0.3) is 0 Å². The fourth-order valence-electron chi connectivity index (χ4n) is 11.0. The smallest absolute Gasteiger partial charge is 0.172 e. The quantitative estimate of drug-likeness (QED) is 0.107. The van der Waals surface area contributed by atoms with E-state index in [1.165, 1.54) is 30.4 Å². The van der Waals surface area contributed by atoms with E-state index in [0.29, 0.717) is 17.5 Å². The van der Waals surface area contributed by atoms with Crippen molar-refractivity contribution in [1.82, 2.24) is 15.0 Å². The van der Waals surface area contributed by atoms with E-state index >= 15 is 4.57 Å². The fourth-order valence-corrected chi connectivity index (χ4v) is 14.1. The summed E-state index contributed by atoms with van der Waals surface area (Å²) in [6.45, 7) is 0. The van der Waals surface area contributed by atoms with Gasteiger partial charge in [0.2, 0.25) is 0 Å². The van der Waals surface area contributed by atoms with Crippen LogP contribution in [0.4, 0.5) is 0 Å². The second kappa shape index (κ2) is 17.5. The third-order valence-electron chi connectivity index (χ3n) is 14.3. The number of benzene rings is 10. The molecule has 1 fully saturated rings. The molecule has 1 aromatic heterocycles. The largest absolute Gasteiger partial charge is 0.309 e. The van der Waals surface area contributed by atoms with E-state index in [1.807, 2.05) is 78.9 Å². The summed E-state index contributed by atoms with van der Waals surface area (Å²) >= 11 is 0. The van der Waals surface area contributed by atoms with Gasteiger partial charge in [-0.25, -0.2) is 15.0 Å². The van der Waals surface area contributed by atoms with Crippen molar-refractivity contribution in [2.24, 2.45) is 0 Å². The molecule has 0 aliphatic heterocycles. The number of nitrogens with zero attached hydrogens (tertiary/aromatic N) is 3. The Balaban J connectivity index is 0.955. The topological polar surface area (TPSA) is 55.7 Å². The van der Waals surface area contributed by atoms with Crippen LogP contribution in [0.25, 0.3) is 77.6 Å². The van der Waals surface area contributed by atoms with Crippen LogP contribution in [0.2, 0.25) is 0 Å². The molecule has 1 saturated carbocycles. The number of aromatic nitrogens is 3. The zero-order chi connectivity index (χ0) is 45.5. The minimum Gasteiger partial charge on any atom is -0.309 e. The van der Waals surface area contributed by atoms with Crippen LogP contribution in [0.1, 0.15) is 43.2 Å². The molecular weight excluding hydrogens is 846 g/mol. The molecule has 12 rings (SSSR count). The molecule has 11 aromatic rings. The van der Waals surface area contributed by atoms with Crippen molar-refractivity contribution in [1.29, 1.82) is 0 Å². The summed E-state index contributed by atoms with van der Waals surface area (Å²) in [6.07, 6.45) is 5.74. The first-order valence-corrected chi connectivity index (χ1v) is 25.5. The lowest BCUT2D eigenvalue weighted by Gasteiger charge is -2.39. The maximum Gasteiger partial charge on any atom is 0.172 e. The van der Waals surface area contributed by atoms with Crippen molar-refractivity contribution in [2.75, 3.05) is 0 Å². The molecule has 0 saturated heterocycles. The highest BCUT2D eigenvalue weighted by molar-refractivity contribution is 7.86. The zero-order valence-electron chi connectivity index (χ0n) is 37.7. The van der Waals surface area contributed by atoms with Gasteiger partial charge < -0.3 is 4.57 Å². The minimum absolute atomic E-state index is 0.135. The van der Waals surface area contributed by atoms with Crippen LogP contribution in [-0.2, 0) is 9.98 Å². The van der Waals surface area contributed by atoms with Gasteiger partial charge in [0.15, 0.2) is 24.6 Å². The van der Waals surface area contributed by atoms with Crippen LogP contribution in [-0.4, -0.2) is 15.0 Å². The molecule has 0 radical (unpaired) electrons. The first-order chi connectivity index (χ1) is 33.6. The van der Waals surface area contributed by atoms with Crippen LogP contribution in [0.3, 0.4) is 0 Å². The van der Waals surface area contributed by atoms with E-state index < -0.39 is 7.14 Å². The Morgan fingerprint density at radius 1 is 0.353 bits per heavy atom. The van der Waals surface area contributed by atoms with Crippen molar-refractivity contribution in [3.63, 3.8) is 0 Å². The molecule has 68 heavy (non-hydrogen) atoms. The molecule has 4 nitrogen and oxygen atoms in total. The molecule has 1 aliphatic rings.